The number of piperidine rings is 2. The Morgan fingerprint density at radius 3 is 2.32 bits per heavy atom. The molecule has 0 aromatic heterocycles. The summed E-state index contributed by atoms with van der Waals surface area (Å²) in [5, 5.41) is 3.67. The van der Waals surface area contributed by atoms with Crippen molar-refractivity contribution in [1.82, 2.24) is 10.2 Å². The largest absolute Gasteiger partial charge is 0.371 e. The fraction of sp³-hybridized carbons (Fsp3) is 0.667. The molecule has 0 amide bonds. The first-order chi connectivity index (χ1) is 11.2. The van der Waals surface area contributed by atoms with E-state index in [2.05, 4.69) is 15.1 Å². The Bertz CT molecular complexity index is 545. The molecule has 1 N–H and O–H groups in total. The van der Waals surface area contributed by atoms with Crippen LogP contribution in [0.3, 0.4) is 0 Å². The van der Waals surface area contributed by atoms with Gasteiger partial charge in [-0.25, -0.2) is 8.78 Å². The maximum absolute atomic E-state index is 13.4. The zero-order chi connectivity index (χ0) is 15.8. The predicted octanol–water partition coefficient (Wildman–Crippen LogP) is 3.46. The highest BCUT2D eigenvalue weighted by atomic mass is 35.5. The van der Waals surface area contributed by atoms with E-state index in [4.69, 9.17) is 0 Å². The van der Waals surface area contributed by atoms with Gasteiger partial charge in [0, 0.05) is 50.0 Å². The molecular formula is C18H27Cl2F2N3. The SMILES string of the molecule is Cl.Cl.Fc1ccc(N2CCC(N3C[C@H]4CC[C@@H](C3)NC4)CC2)cc1F. The minimum absolute atomic E-state index is 0. The molecule has 0 aliphatic carbocycles. The van der Waals surface area contributed by atoms with E-state index >= 15 is 0 Å². The summed E-state index contributed by atoms with van der Waals surface area (Å²) in [5.74, 6) is -0.714. The Kier molecular flexibility index (Phi) is 7.32. The van der Waals surface area contributed by atoms with Crippen molar-refractivity contribution in [2.24, 2.45) is 5.92 Å². The highest BCUT2D eigenvalue weighted by Gasteiger charge is 2.33. The van der Waals surface area contributed by atoms with Crippen LogP contribution in [0.15, 0.2) is 18.2 Å². The lowest BCUT2D eigenvalue weighted by Gasteiger charge is -2.39. The predicted molar refractivity (Wildman–Crippen MR) is 102 cm³/mol. The summed E-state index contributed by atoms with van der Waals surface area (Å²) in [6.45, 7) is 5.42. The van der Waals surface area contributed by atoms with Crippen LogP contribution in [0.2, 0.25) is 0 Å². The minimum atomic E-state index is -0.767. The van der Waals surface area contributed by atoms with Crippen molar-refractivity contribution in [3.05, 3.63) is 29.8 Å². The first-order valence-corrected chi connectivity index (χ1v) is 8.86. The molecule has 5 rings (SSSR count). The maximum Gasteiger partial charge on any atom is 0.160 e. The van der Waals surface area contributed by atoms with Crippen molar-refractivity contribution in [3.63, 3.8) is 0 Å². The van der Waals surface area contributed by atoms with E-state index in [1.165, 1.54) is 44.6 Å². The smallest absolute Gasteiger partial charge is 0.160 e. The van der Waals surface area contributed by atoms with Gasteiger partial charge in [0.05, 0.1) is 0 Å². The molecule has 4 aliphatic heterocycles. The number of hydrogen-bond donors (Lipinski definition) is 1. The Balaban J connectivity index is 0.00000113. The highest BCUT2D eigenvalue weighted by molar-refractivity contribution is 5.85. The van der Waals surface area contributed by atoms with Crippen molar-refractivity contribution >= 4 is 30.5 Å². The van der Waals surface area contributed by atoms with Gasteiger partial charge in [-0.3, -0.25) is 4.90 Å². The summed E-state index contributed by atoms with van der Waals surface area (Å²) in [6, 6.07) is 5.55. The zero-order valence-electron chi connectivity index (χ0n) is 14.3. The normalized spacial score (nSPS) is 27.4. The molecule has 0 radical (unpaired) electrons. The first-order valence-electron chi connectivity index (χ1n) is 8.86. The molecule has 4 fully saturated rings. The first kappa shape index (κ1) is 20.7. The van der Waals surface area contributed by atoms with Crippen LogP contribution in [0.4, 0.5) is 14.5 Å². The molecule has 1 aromatic rings. The van der Waals surface area contributed by atoms with Crippen LogP contribution in [0.1, 0.15) is 25.7 Å². The van der Waals surface area contributed by atoms with Crippen LogP contribution in [0.5, 0.6) is 0 Å². The lowest BCUT2D eigenvalue weighted by atomic mass is 9.97. The van der Waals surface area contributed by atoms with Crippen LogP contribution in [0, 0.1) is 17.6 Å². The van der Waals surface area contributed by atoms with Gasteiger partial charge in [0.1, 0.15) is 0 Å². The third-order valence-corrected chi connectivity index (χ3v) is 5.82. The van der Waals surface area contributed by atoms with Crippen LogP contribution in [-0.2, 0) is 0 Å². The molecule has 0 spiro atoms. The van der Waals surface area contributed by atoms with E-state index in [9.17, 15) is 8.78 Å². The van der Waals surface area contributed by atoms with E-state index in [0.717, 1.165) is 37.5 Å². The molecule has 142 valence electrons. The standard InChI is InChI=1S/C18H25F2N3.2ClH/c19-17-4-3-16(9-18(17)20)22-7-5-15(6-8-22)23-11-13-1-2-14(12-23)21-10-13;;/h3-4,9,13-15,21H,1-2,5-8,10-12H2;2*1H/t13-,14-;;/m0../s1. The van der Waals surface area contributed by atoms with Crippen molar-refractivity contribution in [2.45, 2.75) is 37.8 Å². The lowest BCUT2D eigenvalue weighted by Crippen LogP contribution is -2.47. The summed E-state index contributed by atoms with van der Waals surface area (Å²) in [5.41, 5.74) is 0.806. The number of halogens is 4. The number of hydrogen-bond acceptors (Lipinski definition) is 3. The molecule has 7 heteroatoms. The van der Waals surface area contributed by atoms with Gasteiger partial charge in [0.15, 0.2) is 11.6 Å². The second-order valence-corrected chi connectivity index (χ2v) is 7.32. The van der Waals surface area contributed by atoms with Gasteiger partial charge in [0.2, 0.25) is 0 Å². The molecule has 25 heavy (non-hydrogen) atoms. The summed E-state index contributed by atoms with van der Waals surface area (Å²) in [4.78, 5) is 4.87. The Hall–Kier alpha value is -0.620. The average Bonchev–Trinajstić information content (AvgIpc) is 2.91. The highest BCUT2D eigenvalue weighted by Crippen LogP contribution is 2.28. The molecular weight excluding hydrogens is 367 g/mol. The molecule has 0 saturated carbocycles. The van der Waals surface area contributed by atoms with Crippen molar-refractivity contribution < 1.29 is 8.78 Å². The van der Waals surface area contributed by atoms with Crippen LogP contribution >= 0.6 is 24.8 Å². The number of rotatable bonds is 2. The molecule has 1 aromatic carbocycles. The van der Waals surface area contributed by atoms with Crippen LogP contribution in [0.25, 0.3) is 0 Å². The van der Waals surface area contributed by atoms with Crippen LogP contribution < -0.4 is 10.2 Å². The molecule has 4 heterocycles. The van der Waals surface area contributed by atoms with E-state index in [1.54, 1.807) is 6.07 Å². The summed E-state index contributed by atoms with van der Waals surface area (Å²) < 4.78 is 26.5. The zero-order valence-corrected chi connectivity index (χ0v) is 15.9. The second kappa shape index (κ2) is 8.85. The van der Waals surface area contributed by atoms with Gasteiger partial charge >= 0.3 is 0 Å². The minimum Gasteiger partial charge on any atom is -0.371 e. The molecule has 4 saturated heterocycles. The van der Waals surface area contributed by atoms with E-state index in [-0.39, 0.29) is 24.8 Å². The number of anilines is 1. The lowest BCUT2D eigenvalue weighted by molar-refractivity contribution is 0.163. The Labute approximate surface area is 161 Å². The van der Waals surface area contributed by atoms with Crippen molar-refractivity contribution in [1.29, 1.82) is 0 Å². The van der Waals surface area contributed by atoms with E-state index in [0.29, 0.717) is 12.1 Å². The van der Waals surface area contributed by atoms with Gasteiger partial charge in [-0.1, -0.05) is 0 Å². The number of nitrogens with zero attached hydrogens (tertiary/aromatic N) is 2. The van der Waals surface area contributed by atoms with Gasteiger partial charge in [0.25, 0.3) is 0 Å². The molecule has 2 atom stereocenters. The molecule has 0 unspecified atom stereocenters. The quantitative estimate of drug-likeness (QED) is 0.829. The van der Waals surface area contributed by atoms with Gasteiger partial charge in [-0.15, -0.1) is 24.8 Å². The molecule has 3 nitrogen and oxygen atoms in total. The van der Waals surface area contributed by atoms with Gasteiger partial charge < -0.3 is 10.2 Å². The Morgan fingerprint density at radius 1 is 0.920 bits per heavy atom. The van der Waals surface area contributed by atoms with E-state index < -0.39 is 11.6 Å². The summed E-state index contributed by atoms with van der Waals surface area (Å²) in [6.07, 6.45) is 4.90. The number of benzene rings is 1. The molecule has 2 bridgehead atoms. The van der Waals surface area contributed by atoms with Crippen molar-refractivity contribution in [2.75, 3.05) is 37.6 Å². The summed E-state index contributed by atoms with van der Waals surface area (Å²) in [7, 11) is 0. The maximum atomic E-state index is 13.4. The molecule has 4 aliphatic rings. The monoisotopic (exact) mass is 393 g/mol. The van der Waals surface area contributed by atoms with Gasteiger partial charge in [-0.2, -0.15) is 0 Å². The van der Waals surface area contributed by atoms with Crippen LogP contribution in [-0.4, -0.2) is 49.7 Å². The summed E-state index contributed by atoms with van der Waals surface area (Å²) >= 11 is 0. The third kappa shape index (κ3) is 4.57. The topological polar surface area (TPSA) is 18.5 Å². The second-order valence-electron chi connectivity index (χ2n) is 7.32. The third-order valence-electron chi connectivity index (χ3n) is 5.82. The van der Waals surface area contributed by atoms with E-state index in [1.807, 2.05) is 0 Å². The van der Waals surface area contributed by atoms with Gasteiger partial charge in [-0.05, 0) is 50.3 Å². The fourth-order valence-corrected chi connectivity index (χ4v) is 4.44. The average molecular weight is 394 g/mol. The number of nitrogens with one attached hydrogen (secondary N) is 1. The number of fused-ring (bicyclic) bond motifs is 4. The Morgan fingerprint density at radius 2 is 1.68 bits per heavy atom. The van der Waals surface area contributed by atoms with Crippen molar-refractivity contribution in [3.8, 4) is 0 Å². The fourth-order valence-electron chi connectivity index (χ4n) is 4.44.